The number of carbonyl (C=O) groups excluding carboxylic acids is 2. The zero-order chi connectivity index (χ0) is 17.8. The highest BCUT2D eigenvalue weighted by atomic mass is 16.5. The Morgan fingerprint density at radius 3 is 2.14 bits per heavy atom. The normalized spacial score (nSPS) is 13.5. The third-order valence-electron chi connectivity index (χ3n) is 2.94. The van der Waals surface area contributed by atoms with Crippen LogP contribution < -0.4 is 16.4 Å². The van der Waals surface area contributed by atoms with E-state index in [-0.39, 0.29) is 17.4 Å². The van der Waals surface area contributed by atoms with Crippen molar-refractivity contribution in [2.24, 2.45) is 5.73 Å². The molecule has 0 radical (unpaired) electrons. The van der Waals surface area contributed by atoms with Gasteiger partial charge in [0.25, 0.3) is 0 Å². The highest BCUT2D eigenvalue weighted by Gasteiger charge is 2.23. The molecule has 0 saturated heterocycles. The summed E-state index contributed by atoms with van der Waals surface area (Å²) in [6, 6.07) is 0. The monoisotopic (exact) mass is 317 g/mol. The molecular weight excluding hydrogens is 282 g/mol. The molecule has 0 aromatic rings. The second-order valence-electron chi connectivity index (χ2n) is 5.93. The van der Waals surface area contributed by atoms with E-state index in [1.165, 1.54) is 6.92 Å². The molecule has 6 nitrogen and oxygen atoms in total. The van der Waals surface area contributed by atoms with Gasteiger partial charge in [-0.05, 0) is 27.2 Å². The van der Waals surface area contributed by atoms with E-state index >= 15 is 0 Å². The van der Waals surface area contributed by atoms with Crippen LogP contribution in [0.3, 0.4) is 0 Å². The summed E-state index contributed by atoms with van der Waals surface area (Å²) in [5.74, 6) is -0.0552. The van der Waals surface area contributed by atoms with E-state index in [0.29, 0.717) is 32.4 Å². The van der Waals surface area contributed by atoms with E-state index in [1.54, 1.807) is 13.8 Å². The Bertz CT molecular complexity index is 329. The molecule has 0 aromatic carbocycles. The Labute approximate surface area is 135 Å². The number of nitrogens with one attached hydrogen (secondary N) is 2. The maximum Gasteiger partial charge on any atom is 0.219 e. The lowest BCUT2D eigenvalue weighted by Crippen LogP contribution is -2.46. The van der Waals surface area contributed by atoms with Crippen LogP contribution in [0, 0.1) is 0 Å². The highest BCUT2D eigenvalue weighted by molar-refractivity contribution is 5.75. The maximum atomic E-state index is 11.1. The van der Waals surface area contributed by atoms with Crippen LogP contribution in [0.4, 0.5) is 0 Å². The van der Waals surface area contributed by atoms with Crippen LogP contribution in [-0.4, -0.2) is 36.2 Å². The van der Waals surface area contributed by atoms with E-state index in [4.69, 9.17) is 10.5 Å². The Morgan fingerprint density at radius 2 is 1.68 bits per heavy atom. The Morgan fingerprint density at radius 1 is 1.14 bits per heavy atom. The van der Waals surface area contributed by atoms with Gasteiger partial charge in [0.2, 0.25) is 11.8 Å². The maximum absolute atomic E-state index is 11.1. The summed E-state index contributed by atoms with van der Waals surface area (Å²) < 4.78 is 5.64. The summed E-state index contributed by atoms with van der Waals surface area (Å²) in [5.41, 5.74) is 4.91. The van der Waals surface area contributed by atoms with Crippen molar-refractivity contribution in [1.29, 1.82) is 0 Å². The molecule has 0 aliphatic heterocycles. The molecular formula is C16H35N3O3. The minimum atomic E-state index is -0.784. The third-order valence-corrected chi connectivity index (χ3v) is 2.94. The minimum Gasteiger partial charge on any atom is -0.361 e. The topological polar surface area (TPSA) is 93.5 Å². The molecule has 0 saturated carbocycles. The van der Waals surface area contributed by atoms with Crippen LogP contribution in [0.2, 0.25) is 0 Å². The van der Waals surface area contributed by atoms with Crippen molar-refractivity contribution in [2.45, 2.75) is 79.0 Å². The van der Waals surface area contributed by atoms with Gasteiger partial charge in [-0.3, -0.25) is 9.59 Å². The summed E-state index contributed by atoms with van der Waals surface area (Å²) >= 11 is 0. The summed E-state index contributed by atoms with van der Waals surface area (Å²) in [6.45, 7) is 13.9. The second-order valence-corrected chi connectivity index (χ2v) is 5.93. The molecule has 0 spiro atoms. The second kappa shape index (κ2) is 11.4. The van der Waals surface area contributed by atoms with Gasteiger partial charge in [0.15, 0.2) is 0 Å². The number of carbonyl (C=O) groups is 2. The first kappa shape index (κ1) is 23.1. The fraction of sp³-hybridized carbons (Fsp3) is 0.875. The first-order chi connectivity index (χ1) is 10.1. The van der Waals surface area contributed by atoms with Crippen molar-refractivity contribution in [3.63, 3.8) is 0 Å². The molecule has 1 atom stereocenters. The largest absolute Gasteiger partial charge is 0.361 e. The summed E-state index contributed by atoms with van der Waals surface area (Å²) in [4.78, 5) is 22.1. The molecule has 0 bridgehead atoms. The molecule has 0 aromatic heterocycles. The number of hydrogen-bond acceptors (Lipinski definition) is 4. The summed E-state index contributed by atoms with van der Waals surface area (Å²) in [6.07, 6.45) is 1.67. The molecule has 132 valence electrons. The van der Waals surface area contributed by atoms with Gasteiger partial charge in [-0.2, -0.15) is 0 Å². The van der Waals surface area contributed by atoms with Crippen molar-refractivity contribution < 1.29 is 14.3 Å². The fourth-order valence-corrected chi connectivity index (χ4v) is 1.73. The van der Waals surface area contributed by atoms with E-state index in [2.05, 4.69) is 10.6 Å². The van der Waals surface area contributed by atoms with E-state index in [0.717, 1.165) is 0 Å². The zero-order valence-electron chi connectivity index (χ0n) is 15.3. The van der Waals surface area contributed by atoms with Crippen LogP contribution in [0.1, 0.15) is 67.7 Å². The minimum absolute atomic E-state index is 0.00703. The van der Waals surface area contributed by atoms with Gasteiger partial charge in [-0.25, -0.2) is 0 Å². The lowest BCUT2D eigenvalue weighted by molar-refractivity contribution is -0.121. The van der Waals surface area contributed by atoms with Crippen LogP contribution in [0.25, 0.3) is 0 Å². The molecule has 0 aliphatic rings. The van der Waals surface area contributed by atoms with Gasteiger partial charge in [0, 0.05) is 31.8 Å². The SMILES string of the molecule is CC.CCC(=O)NCCC(C)(N)OCCC(C)(C)NC(C)=O. The van der Waals surface area contributed by atoms with Gasteiger partial charge in [-0.15, -0.1) is 0 Å². The standard InChI is InChI=1S/C14H29N3O3.C2H6/c1-6-12(19)16-9-7-14(5,15)20-10-8-13(3,4)17-11(2)18;1-2/h6-10,15H2,1-5H3,(H,16,19)(H,17,18);1-2H3. The fourth-order valence-electron chi connectivity index (χ4n) is 1.73. The Kier molecular flexibility index (Phi) is 12.0. The number of nitrogens with two attached hydrogens (primary N) is 1. The molecule has 1 unspecified atom stereocenters. The summed E-state index contributed by atoms with van der Waals surface area (Å²) in [7, 11) is 0. The average molecular weight is 317 g/mol. The first-order valence-electron chi connectivity index (χ1n) is 8.06. The number of hydrogen-bond donors (Lipinski definition) is 3. The molecule has 6 heteroatoms. The van der Waals surface area contributed by atoms with E-state index in [1.807, 2.05) is 27.7 Å². The van der Waals surface area contributed by atoms with Gasteiger partial charge < -0.3 is 21.1 Å². The van der Waals surface area contributed by atoms with Crippen molar-refractivity contribution >= 4 is 11.8 Å². The average Bonchev–Trinajstić information content (AvgIpc) is 2.38. The third kappa shape index (κ3) is 13.8. The molecule has 0 heterocycles. The predicted molar refractivity (Wildman–Crippen MR) is 90.3 cm³/mol. The van der Waals surface area contributed by atoms with Crippen LogP contribution in [-0.2, 0) is 14.3 Å². The Hall–Kier alpha value is -1.14. The molecule has 0 fully saturated rings. The first-order valence-corrected chi connectivity index (χ1v) is 8.06. The quantitative estimate of drug-likeness (QED) is 0.566. The van der Waals surface area contributed by atoms with Gasteiger partial charge in [-0.1, -0.05) is 20.8 Å². The van der Waals surface area contributed by atoms with Gasteiger partial charge >= 0.3 is 0 Å². The molecule has 4 N–H and O–H groups in total. The van der Waals surface area contributed by atoms with Crippen molar-refractivity contribution in [3.8, 4) is 0 Å². The van der Waals surface area contributed by atoms with Crippen LogP contribution >= 0.6 is 0 Å². The predicted octanol–water partition coefficient (Wildman–Crippen LogP) is 1.93. The lowest BCUT2D eigenvalue weighted by atomic mass is 10.0. The number of rotatable bonds is 9. The molecule has 0 rings (SSSR count). The zero-order valence-corrected chi connectivity index (χ0v) is 15.3. The van der Waals surface area contributed by atoms with Crippen molar-refractivity contribution in [3.05, 3.63) is 0 Å². The number of ether oxygens (including phenoxy) is 1. The van der Waals surface area contributed by atoms with Crippen molar-refractivity contribution in [2.75, 3.05) is 13.2 Å². The Balaban J connectivity index is 0. The molecule has 0 aliphatic carbocycles. The van der Waals surface area contributed by atoms with Crippen molar-refractivity contribution in [1.82, 2.24) is 10.6 Å². The molecule has 22 heavy (non-hydrogen) atoms. The van der Waals surface area contributed by atoms with Gasteiger partial charge in [0.05, 0.1) is 6.61 Å². The van der Waals surface area contributed by atoms with Crippen LogP contribution in [0.15, 0.2) is 0 Å². The molecule has 2 amide bonds. The number of amides is 2. The smallest absolute Gasteiger partial charge is 0.219 e. The highest BCUT2D eigenvalue weighted by Crippen LogP contribution is 2.13. The summed E-state index contributed by atoms with van der Waals surface area (Å²) in [5, 5.41) is 5.62. The van der Waals surface area contributed by atoms with Gasteiger partial charge in [0.1, 0.15) is 5.72 Å². The van der Waals surface area contributed by atoms with E-state index < -0.39 is 5.72 Å². The van der Waals surface area contributed by atoms with E-state index in [9.17, 15) is 9.59 Å². The van der Waals surface area contributed by atoms with Crippen LogP contribution in [0.5, 0.6) is 0 Å². The lowest BCUT2D eigenvalue weighted by Gasteiger charge is -2.29.